The number of H-pyrrole nitrogens is 1. The molecule has 1 aliphatic rings. The van der Waals surface area contributed by atoms with Crippen molar-refractivity contribution in [3.63, 3.8) is 0 Å². The molecule has 0 saturated heterocycles. The van der Waals surface area contributed by atoms with Crippen LogP contribution in [0.15, 0.2) is 47.4 Å². The third-order valence-electron chi connectivity index (χ3n) is 5.33. The van der Waals surface area contributed by atoms with Crippen LogP contribution in [0.1, 0.15) is 42.4 Å². The standard InChI is InChI=1S/C23H23F3N4O2/c1-14(2)21-28-19-9-10-30(13-17(19)22(31)29-21)12-15-7-8-18(27-11-15)16-5-3-4-6-20(16)32-23(24,25)26/h3-8,11,14H,9-10,12-13H2,1-2H3,(H,28,29,31). The number of halogens is 3. The average Bonchev–Trinajstić information content (AvgIpc) is 2.74. The molecule has 168 valence electrons. The molecule has 3 aromatic rings. The summed E-state index contributed by atoms with van der Waals surface area (Å²) in [4.78, 5) is 26.4. The van der Waals surface area contributed by atoms with E-state index >= 15 is 0 Å². The lowest BCUT2D eigenvalue weighted by Crippen LogP contribution is -2.36. The van der Waals surface area contributed by atoms with Gasteiger partial charge in [0, 0.05) is 43.7 Å². The highest BCUT2D eigenvalue weighted by Crippen LogP contribution is 2.32. The third kappa shape index (κ3) is 4.99. The number of hydrogen-bond acceptors (Lipinski definition) is 5. The molecule has 6 nitrogen and oxygen atoms in total. The van der Waals surface area contributed by atoms with Gasteiger partial charge in [-0.15, -0.1) is 13.2 Å². The Morgan fingerprint density at radius 2 is 1.97 bits per heavy atom. The zero-order chi connectivity index (χ0) is 22.9. The number of nitrogens with zero attached hydrogens (tertiary/aromatic N) is 3. The molecule has 32 heavy (non-hydrogen) atoms. The van der Waals surface area contributed by atoms with Crippen LogP contribution in [-0.2, 0) is 19.5 Å². The summed E-state index contributed by atoms with van der Waals surface area (Å²) >= 11 is 0. The summed E-state index contributed by atoms with van der Waals surface area (Å²) in [7, 11) is 0. The van der Waals surface area contributed by atoms with Crippen molar-refractivity contribution in [2.75, 3.05) is 6.54 Å². The number of hydrogen-bond donors (Lipinski definition) is 1. The molecule has 1 aliphatic heterocycles. The number of ether oxygens (including phenoxy) is 1. The fourth-order valence-electron chi connectivity index (χ4n) is 3.74. The number of nitrogens with one attached hydrogen (secondary N) is 1. The number of aromatic nitrogens is 3. The van der Waals surface area contributed by atoms with Crippen molar-refractivity contribution in [3.8, 4) is 17.0 Å². The summed E-state index contributed by atoms with van der Waals surface area (Å²) in [6.45, 7) is 5.79. The minimum absolute atomic E-state index is 0.0989. The molecule has 0 aliphatic carbocycles. The molecule has 3 heterocycles. The van der Waals surface area contributed by atoms with Crippen molar-refractivity contribution in [2.24, 2.45) is 0 Å². The molecular formula is C23H23F3N4O2. The van der Waals surface area contributed by atoms with Crippen LogP contribution < -0.4 is 10.3 Å². The molecular weight excluding hydrogens is 421 g/mol. The Bertz CT molecular complexity index is 1160. The summed E-state index contributed by atoms with van der Waals surface area (Å²) < 4.78 is 42.2. The molecule has 1 aromatic carbocycles. The fraction of sp³-hybridized carbons (Fsp3) is 0.348. The Morgan fingerprint density at radius 1 is 1.19 bits per heavy atom. The van der Waals surface area contributed by atoms with Crippen molar-refractivity contribution >= 4 is 0 Å². The Balaban J connectivity index is 1.49. The van der Waals surface area contributed by atoms with Crippen LogP contribution in [0.2, 0.25) is 0 Å². The van der Waals surface area contributed by atoms with E-state index in [0.717, 1.165) is 17.8 Å². The van der Waals surface area contributed by atoms with Crippen molar-refractivity contribution < 1.29 is 17.9 Å². The minimum Gasteiger partial charge on any atom is -0.405 e. The van der Waals surface area contributed by atoms with Gasteiger partial charge in [0.1, 0.15) is 11.6 Å². The van der Waals surface area contributed by atoms with Gasteiger partial charge in [-0.25, -0.2) is 4.98 Å². The number of pyridine rings is 1. The lowest BCUT2D eigenvalue weighted by Gasteiger charge is -2.28. The molecule has 9 heteroatoms. The van der Waals surface area contributed by atoms with Crippen LogP contribution in [0.3, 0.4) is 0 Å². The lowest BCUT2D eigenvalue weighted by atomic mass is 10.0. The van der Waals surface area contributed by atoms with Gasteiger partial charge in [0.05, 0.1) is 17.0 Å². The summed E-state index contributed by atoms with van der Waals surface area (Å²) in [5.41, 5.74) is 2.99. The number of rotatable bonds is 5. The average molecular weight is 444 g/mol. The normalized spacial score (nSPS) is 14.4. The molecule has 0 unspecified atom stereocenters. The highest BCUT2D eigenvalue weighted by Gasteiger charge is 2.32. The first-order chi connectivity index (χ1) is 15.2. The van der Waals surface area contributed by atoms with Crippen LogP contribution in [0.25, 0.3) is 11.3 Å². The van der Waals surface area contributed by atoms with E-state index in [1.807, 2.05) is 19.9 Å². The molecule has 0 fully saturated rings. The number of fused-ring (bicyclic) bond motifs is 1. The van der Waals surface area contributed by atoms with E-state index in [9.17, 15) is 18.0 Å². The van der Waals surface area contributed by atoms with Crippen molar-refractivity contribution in [3.05, 3.63) is 75.6 Å². The summed E-state index contributed by atoms with van der Waals surface area (Å²) in [6, 6.07) is 9.42. The Morgan fingerprint density at radius 3 is 2.66 bits per heavy atom. The van der Waals surface area contributed by atoms with Gasteiger partial charge in [-0.3, -0.25) is 14.7 Å². The van der Waals surface area contributed by atoms with E-state index in [1.54, 1.807) is 18.3 Å². The molecule has 0 amide bonds. The summed E-state index contributed by atoms with van der Waals surface area (Å²) in [6.07, 6.45) is -2.45. The molecule has 0 spiro atoms. The van der Waals surface area contributed by atoms with E-state index < -0.39 is 6.36 Å². The SMILES string of the molecule is CC(C)c1nc2c(c(=O)[nH]1)CN(Cc1ccc(-c3ccccc3OC(F)(F)F)nc1)CC2. The second-order valence-electron chi connectivity index (χ2n) is 8.09. The lowest BCUT2D eigenvalue weighted by molar-refractivity contribution is -0.274. The van der Waals surface area contributed by atoms with Gasteiger partial charge in [0.2, 0.25) is 0 Å². The molecule has 2 aromatic heterocycles. The maximum Gasteiger partial charge on any atom is 0.573 e. The molecule has 4 rings (SSSR count). The summed E-state index contributed by atoms with van der Waals surface area (Å²) in [5.74, 6) is 0.569. The van der Waals surface area contributed by atoms with Gasteiger partial charge in [0.15, 0.2) is 0 Å². The van der Waals surface area contributed by atoms with Gasteiger partial charge in [-0.2, -0.15) is 0 Å². The Hall–Kier alpha value is -3.20. The van der Waals surface area contributed by atoms with Gasteiger partial charge in [0.25, 0.3) is 5.56 Å². The van der Waals surface area contributed by atoms with Crippen LogP contribution in [0.4, 0.5) is 13.2 Å². The number of aromatic amines is 1. The van der Waals surface area contributed by atoms with E-state index in [2.05, 4.69) is 24.6 Å². The number of para-hydroxylation sites is 1. The molecule has 0 atom stereocenters. The van der Waals surface area contributed by atoms with E-state index in [1.165, 1.54) is 18.2 Å². The smallest absolute Gasteiger partial charge is 0.405 e. The first kappa shape index (κ1) is 22.0. The maximum absolute atomic E-state index is 12.7. The zero-order valence-corrected chi connectivity index (χ0v) is 17.7. The molecule has 0 radical (unpaired) electrons. The van der Waals surface area contributed by atoms with E-state index in [4.69, 9.17) is 0 Å². The van der Waals surface area contributed by atoms with Gasteiger partial charge < -0.3 is 9.72 Å². The highest BCUT2D eigenvalue weighted by molar-refractivity contribution is 5.67. The highest BCUT2D eigenvalue weighted by atomic mass is 19.4. The van der Waals surface area contributed by atoms with Crippen LogP contribution in [0, 0.1) is 0 Å². The van der Waals surface area contributed by atoms with Crippen molar-refractivity contribution in [2.45, 2.75) is 45.6 Å². The van der Waals surface area contributed by atoms with Gasteiger partial charge >= 0.3 is 6.36 Å². The largest absolute Gasteiger partial charge is 0.573 e. The Kier molecular flexibility index (Phi) is 6.01. The van der Waals surface area contributed by atoms with Crippen molar-refractivity contribution in [1.82, 2.24) is 19.9 Å². The second kappa shape index (κ2) is 8.74. The van der Waals surface area contributed by atoms with Crippen LogP contribution in [-0.4, -0.2) is 32.8 Å². The van der Waals surface area contributed by atoms with E-state index in [-0.39, 0.29) is 22.8 Å². The fourth-order valence-corrected chi connectivity index (χ4v) is 3.74. The first-order valence-electron chi connectivity index (χ1n) is 10.3. The van der Waals surface area contributed by atoms with Crippen molar-refractivity contribution in [1.29, 1.82) is 0 Å². The minimum atomic E-state index is -4.77. The van der Waals surface area contributed by atoms with Crippen LogP contribution >= 0.6 is 0 Å². The monoisotopic (exact) mass is 444 g/mol. The maximum atomic E-state index is 12.7. The molecule has 1 N–H and O–H groups in total. The second-order valence-corrected chi connectivity index (χ2v) is 8.09. The number of benzene rings is 1. The molecule has 0 bridgehead atoms. The Labute approximate surface area is 183 Å². The van der Waals surface area contributed by atoms with Gasteiger partial charge in [-0.1, -0.05) is 32.0 Å². The first-order valence-corrected chi connectivity index (χ1v) is 10.3. The van der Waals surface area contributed by atoms with E-state index in [0.29, 0.717) is 36.6 Å². The molecule has 0 saturated carbocycles. The number of alkyl halides is 3. The predicted octanol–water partition coefficient (Wildman–Crippen LogP) is 4.41. The third-order valence-corrected chi connectivity index (χ3v) is 5.33. The topological polar surface area (TPSA) is 71.1 Å². The predicted molar refractivity (Wildman–Crippen MR) is 113 cm³/mol. The summed E-state index contributed by atoms with van der Waals surface area (Å²) in [5, 5.41) is 0. The quantitative estimate of drug-likeness (QED) is 0.631. The zero-order valence-electron chi connectivity index (χ0n) is 17.7. The van der Waals surface area contributed by atoms with Gasteiger partial charge in [-0.05, 0) is 23.8 Å². The van der Waals surface area contributed by atoms with Crippen LogP contribution in [0.5, 0.6) is 5.75 Å².